The summed E-state index contributed by atoms with van der Waals surface area (Å²) in [6.07, 6.45) is 1.41. The van der Waals surface area contributed by atoms with Crippen LogP contribution in [-0.2, 0) is 19.4 Å². The lowest BCUT2D eigenvalue weighted by molar-refractivity contribution is 0.554. The SMILES string of the molecule is CCc1nn(CC)c(CC(N)c2ccccc2F)c1Br. The summed E-state index contributed by atoms with van der Waals surface area (Å²) < 4.78 is 16.7. The van der Waals surface area contributed by atoms with Crippen LogP contribution in [0.25, 0.3) is 0 Å². The van der Waals surface area contributed by atoms with Gasteiger partial charge in [0, 0.05) is 24.6 Å². The second kappa shape index (κ2) is 6.50. The minimum absolute atomic E-state index is 0.255. The van der Waals surface area contributed by atoms with Crippen LogP contribution in [0.1, 0.15) is 36.8 Å². The summed E-state index contributed by atoms with van der Waals surface area (Å²) >= 11 is 3.59. The lowest BCUT2D eigenvalue weighted by atomic mass is 10.0. The van der Waals surface area contributed by atoms with E-state index in [9.17, 15) is 4.39 Å². The molecular formula is C15H19BrFN3. The van der Waals surface area contributed by atoms with Crippen LogP contribution in [0.4, 0.5) is 4.39 Å². The molecule has 0 aliphatic heterocycles. The molecule has 108 valence electrons. The number of aromatic nitrogens is 2. The Morgan fingerprint density at radius 3 is 2.65 bits per heavy atom. The summed E-state index contributed by atoms with van der Waals surface area (Å²) in [7, 11) is 0. The van der Waals surface area contributed by atoms with Crippen LogP contribution in [0.15, 0.2) is 28.7 Å². The molecule has 5 heteroatoms. The first-order chi connectivity index (χ1) is 9.58. The molecule has 2 rings (SSSR count). The Kier molecular flexibility index (Phi) is 4.94. The van der Waals surface area contributed by atoms with Gasteiger partial charge >= 0.3 is 0 Å². The minimum Gasteiger partial charge on any atom is -0.324 e. The van der Waals surface area contributed by atoms with Gasteiger partial charge in [-0.25, -0.2) is 4.39 Å². The highest BCUT2D eigenvalue weighted by atomic mass is 79.9. The van der Waals surface area contributed by atoms with E-state index in [4.69, 9.17) is 5.73 Å². The van der Waals surface area contributed by atoms with E-state index in [0.717, 1.165) is 28.8 Å². The predicted octanol–water partition coefficient (Wildman–Crippen LogP) is 3.61. The monoisotopic (exact) mass is 339 g/mol. The molecule has 3 nitrogen and oxygen atoms in total. The van der Waals surface area contributed by atoms with Crippen LogP contribution in [0.3, 0.4) is 0 Å². The fourth-order valence-electron chi connectivity index (χ4n) is 2.31. The fraction of sp³-hybridized carbons (Fsp3) is 0.400. The smallest absolute Gasteiger partial charge is 0.127 e. The quantitative estimate of drug-likeness (QED) is 0.904. The zero-order valence-electron chi connectivity index (χ0n) is 11.7. The molecule has 0 bridgehead atoms. The lowest BCUT2D eigenvalue weighted by Gasteiger charge is -2.14. The fourth-order valence-corrected chi connectivity index (χ4v) is 3.03. The summed E-state index contributed by atoms with van der Waals surface area (Å²) in [5, 5.41) is 4.54. The Morgan fingerprint density at radius 1 is 1.35 bits per heavy atom. The van der Waals surface area contributed by atoms with Crippen LogP contribution in [0, 0.1) is 5.82 Å². The van der Waals surface area contributed by atoms with Gasteiger partial charge in [-0.05, 0) is 35.3 Å². The first kappa shape index (κ1) is 15.2. The second-order valence-corrected chi connectivity index (χ2v) is 5.50. The van der Waals surface area contributed by atoms with Crippen molar-refractivity contribution in [3.05, 3.63) is 51.5 Å². The van der Waals surface area contributed by atoms with Crippen molar-refractivity contribution in [2.75, 3.05) is 0 Å². The molecule has 0 saturated heterocycles. The van der Waals surface area contributed by atoms with Crippen molar-refractivity contribution in [1.82, 2.24) is 9.78 Å². The highest BCUT2D eigenvalue weighted by molar-refractivity contribution is 9.10. The van der Waals surface area contributed by atoms with E-state index in [2.05, 4.69) is 28.0 Å². The third-order valence-electron chi connectivity index (χ3n) is 3.41. The Morgan fingerprint density at radius 2 is 2.05 bits per heavy atom. The van der Waals surface area contributed by atoms with Gasteiger partial charge in [-0.15, -0.1) is 0 Å². The van der Waals surface area contributed by atoms with Gasteiger partial charge < -0.3 is 5.73 Å². The molecule has 0 saturated carbocycles. The number of nitrogens with two attached hydrogens (primary N) is 1. The molecule has 0 aliphatic rings. The molecule has 0 spiro atoms. The van der Waals surface area contributed by atoms with Crippen molar-refractivity contribution in [1.29, 1.82) is 0 Å². The Bertz CT molecular complexity index is 595. The van der Waals surface area contributed by atoms with Crippen molar-refractivity contribution < 1.29 is 4.39 Å². The van der Waals surface area contributed by atoms with Crippen LogP contribution in [0.5, 0.6) is 0 Å². The van der Waals surface area contributed by atoms with Crippen molar-refractivity contribution in [3.8, 4) is 0 Å². The first-order valence-corrected chi connectivity index (χ1v) is 7.61. The maximum Gasteiger partial charge on any atom is 0.127 e. The summed E-state index contributed by atoms with van der Waals surface area (Å²) in [6.45, 7) is 4.88. The molecule has 0 fully saturated rings. The maximum absolute atomic E-state index is 13.8. The highest BCUT2D eigenvalue weighted by Crippen LogP contribution is 2.27. The Hall–Kier alpha value is -1.20. The predicted molar refractivity (Wildman–Crippen MR) is 82.0 cm³/mol. The van der Waals surface area contributed by atoms with Crippen LogP contribution in [0.2, 0.25) is 0 Å². The van der Waals surface area contributed by atoms with Gasteiger partial charge in [0.05, 0.1) is 15.9 Å². The molecule has 0 radical (unpaired) electrons. The zero-order valence-corrected chi connectivity index (χ0v) is 13.3. The van der Waals surface area contributed by atoms with Crippen molar-refractivity contribution in [2.45, 2.75) is 39.3 Å². The molecular weight excluding hydrogens is 321 g/mol. The average Bonchev–Trinajstić information content (AvgIpc) is 2.75. The molecule has 1 aromatic carbocycles. The van der Waals surface area contributed by atoms with Crippen LogP contribution >= 0.6 is 15.9 Å². The van der Waals surface area contributed by atoms with Gasteiger partial charge in [-0.3, -0.25) is 4.68 Å². The standard InChI is InChI=1S/C15H19BrFN3/c1-3-13-15(16)14(20(4-2)19-13)9-12(18)10-7-5-6-8-11(10)17/h5-8,12H,3-4,9,18H2,1-2H3. The van der Waals surface area contributed by atoms with E-state index >= 15 is 0 Å². The van der Waals surface area contributed by atoms with E-state index in [-0.39, 0.29) is 11.9 Å². The molecule has 1 unspecified atom stereocenters. The van der Waals surface area contributed by atoms with Gasteiger partial charge in [0.15, 0.2) is 0 Å². The van der Waals surface area contributed by atoms with E-state index in [0.29, 0.717) is 12.0 Å². The van der Waals surface area contributed by atoms with E-state index in [1.807, 2.05) is 17.7 Å². The molecule has 2 N–H and O–H groups in total. The number of hydrogen-bond acceptors (Lipinski definition) is 2. The Labute approximate surface area is 127 Å². The summed E-state index contributed by atoms with van der Waals surface area (Å²) in [6, 6.07) is 6.29. The normalized spacial score (nSPS) is 12.7. The zero-order chi connectivity index (χ0) is 14.7. The van der Waals surface area contributed by atoms with Gasteiger partial charge in [0.1, 0.15) is 5.82 Å². The molecule has 2 aromatic rings. The van der Waals surface area contributed by atoms with Gasteiger partial charge in [0.2, 0.25) is 0 Å². The molecule has 1 heterocycles. The number of hydrogen-bond donors (Lipinski definition) is 1. The second-order valence-electron chi connectivity index (χ2n) is 4.71. The maximum atomic E-state index is 13.8. The largest absolute Gasteiger partial charge is 0.324 e. The summed E-state index contributed by atoms with van der Waals surface area (Å²) in [5.41, 5.74) is 8.76. The lowest BCUT2D eigenvalue weighted by Crippen LogP contribution is -2.17. The summed E-state index contributed by atoms with van der Waals surface area (Å²) in [4.78, 5) is 0. The third kappa shape index (κ3) is 2.94. The van der Waals surface area contributed by atoms with Gasteiger partial charge in [0.25, 0.3) is 0 Å². The van der Waals surface area contributed by atoms with Crippen molar-refractivity contribution in [3.63, 3.8) is 0 Å². The van der Waals surface area contributed by atoms with Gasteiger partial charge in [-0.1, -0.05) is 25.1 Å². The Balaban J connectivity index is 2.30. The number of benzene rings is 1. The first-order valence-electron chi connectivity index (χ1n) is 6.82. The van der Waals surface area contributed by atoms with Crippen molar-refractivity contribution >= 4 is 15.9 Å². The van der Waals surface area contributed by atoms with E-state index in [1.165, 1.54) is 6.07 Å². The molecule has 0 aliphatic carbocycles. The molecule has 1 aromatic heterocycles. The highest BCUT2D eigenvalue weighted by Gasteiger charge is 2.19. The molecule has 0 amide bonds. The van der Waals surface area contributed by atoms with E-state index < -0.39 is 0 Å². The number of halogens is 2. The average molecular weight is 340 g/mol. The number of aryl methyl sites for hydroxylation is 2. The van der Waals surface area contributed by atoms with Crippen molar-refractivity contribution in [2.24, 2.45) is 5.73 Å². The number of nitrogens with zero attached hydrogens (tertiary/aromatic N) is 2. The molecule has 1 atom stereocenters. The van der Waals surface area contributed by atoms with Crippen LogP contribution < -0.4 is 5.73 Å². The molecule has 20 heavy (non-hydrogen) atoms. The van der Waals surface area contributed by atoms with Crippen LogP contribution in [-0.4, -0.2) is 9.78 Å². The van der Waals surface area contributed by atoms with Gasteiger partial charge in [-0.2, -0.15) is 5.10 Å². The topological polar surface area (TPSA) is 43.8 Å². The van der Waals surface area contributed by atoms with E-state index in [1.54, 1.807) is 12.1 Å². The third-order valence-corrected chi connectivity index (χ3v) is 4.33. The summed E-state index contributed by atoms with van der Waals surface area (Å²) in [5.74, 6) is -0.255. The number of rotatable bonds is 5. The minimum atomic E-state index is -0.376.